The van der Waals surface area contributed by atoms with Crippen LogP contribution in [0.15, 0.2) is 12.2 Å². The van der Waals surface area contributed by atoms with Gasteiger partial charge in [-0.1, -0.05) is 6.08 Å². The third kappa shape index (κ3) is 0.764. The van der Waals surface area contributed by atoms with Gasteiger partial charge in [0.2, 0.25) is 10.8 Å². The van der Waals surface area contributed by atoms with Crippen molar-refractivity contribution in [1.82, 2.24) is 0 Å². The van der Waals surface area contributed by atoms with Gasteiger partial charge in [-0.3, -0.25) is 4.79 Å². The van der Waals surface area contributed by atoms with Crippen molar-refractivity contribution < 1.29 is 9.53 Å². The van der Waals surface area contributed by atoms with Crippen LogP contribution in [0.3, 0.4) is 0 Å². The molecule has 2 heterocycles. The van der Waals surface area contributed by atoms with Crippen LogP contribution in [0, 0.1) is 56.2 Å². The minimum absolute atomic E-state index is 0.298. The molecule has 1 fully saturated rings. The average molecular weight is 224 g/mol. The fourth-order valence-electron chi connectivity index (χ4n) is 2.34. The summed E-state index contributed by atoms with van der Waals surface area (Å²) in [5, 5.41) is 36.7. The molecule has 2 rings (SSSR count). The number of nitrogens with zero attached hydrogens (tertiary/aromatic N) is 4. The molecule has 2 bridgehead atoms. The van der Waals surface area contributed by atoms with E-state index in [0.29, 0.717) is 6.29 Å². The van der Waals surface area contributed by atoms with E-state index in [-0.39, 0.29) is 0 Å². The molecule has 1 saturated heterocycles. The Morgan fingerprint density at radius 3 is 2.12 bits per heavy atom. The van der Waals surface area contributed by atoms with Gasteiger partial charge in [-0.15, -0.1) is 0 Å². The Bertz CT molecular complexity index is 567. The Kier molecular flexibility index (Phi) is 1.86. The zero-order valence-electron chi connectivity index (χ0n) is 8.41. The van der Waals surface area contributed by atoms with Crippen LogP contribution in [0.25, 0.3) is 0 Å². The fraction of sp³-hybridized carbons (Fsp3) is 0.364. The van der Waals surface area contributed by atoms with E-state index in [9.17, 15) is 15.3 Å². The van der Waals surface area contributed by atoms with Crippen molar-refractivity contribution in [2.75, 3.05) is 0 Å². The van der Waals surface area contributed by atoms with Gasteiger partial charge in [-0.05, 0) is 6.08 Å². The third-order valence-electron chi connectivity index (χ3n) is 3.31. The molecule has 0 saturated carbocycles. The number of carbonyl (C=O) groups excluding carboxylic acids is 1. The predicted octanol–water partition coefficient (Wildman–Crippen LogP) is -0.0402. The fourth-order valence-corrected chi connectivity index (χ4v) is 2.34. The molecular formula is C11H4N4O2. The van der Waals surface area contributed by atoms with E-state index >= 15 is 0 Å². The van der Waals surface area contributed by atoms with Crippen molar-refractivity contribution in [1.29, 1.82) is 21.0 Å². The predicted molar refractivity (Wildman–Crippen MR) is 50.1 cm³/mol. The van der Waals surface area contributed by atoms with Crippen LogP contribution >= 0.6 is 0 Å². The summed E-state index contributed by atoms with van der Waals surface area (Å²) in [6.07, 6.45) is 1.89. The molecule has 2 atom stereocenters. The quantitative estimate of drug-likeness (QED) is 0.455. The zero-order valence-corrected chi connectivity index (χ0v) is 8.41. The monoisotopic (exact) mass is 224 g/mol. The number of rotatable bonds is 1. The highest BCUT2D eigenvalue weighted by Crippen LogP contribution is 2.60. The van der Waals surface area contributed by atoms with Gasteiger partial charge in [0, 0.05) is 0 Å². The van der Waals surface area contributed by atoms with Crippen LogP contribution in [0.2, 0.25) is 0 Å². The first kappa shape index (κ1) is 10.8. The van der Waals surface area contributed by atoms with Crippen LogP contribution in [-0.4, -0.2) is 18.0 Å². The molecule has 0 N–H and O–H groups in total. The Morgan fingerprint density at radius 2 is 1.71 bits per heavy atom. The molecule has 0 aromatic carbocycles. The van der Waals surface area contributed by atoms with Crippen molar-refractivity contribution in [2.24, 2.45) is 10.8 Å². The minimum atomic E-state index is -2.13. The topological polar surface area (TPSA) is 121 Å². The summed E-state index contributed by atoms with van der Waals surface area (Å²) in [5.41, 5.74) is -5.94. The van der Waals surface area contributed by atoms with Gasteiger partial charge >= 0.3 is 0 Å². The molecule has 0 aromatic heterocycles. The second-order valence-electron chi connectivity index (χ2n) is 3.81. The molecule has 6 heteroatoms. The molecule has 0 spiro atoms. The normalized spacial score (nSPS) is 34.0. The maximum atomic E-state index is 11.1. The molecule has 0 aromatic rings. The number of nitriles is 4. The van der Waals surface area contributed by atoms with Crippen LogP contribution in [-0.2, 0) is 9.53 Å². The second-order valence-corrected chi connectivity index (χ2v) is 3.81. The van der Waals surface area contributed by atoms with Crippen molar-refractivity contribution in [2.45, 2.75) is 11.7 Å². The van der Waals surface area contributed by atoms with E-state index in [1.54, 1.807) is 24.3 Å². The minimum Gasteiger partial charge on any atom is -0.350 e. The van der Waals surface area contributed by atoms with E-state index in [2.05, 4.69) is 0 Å². The summed E-state index contributed by atoms with van der Waals surface area (Å²) in [5.74, 6) is 0. The van der Waals surface area contributed by atoms with Gasteiger partial charge in [0.25, 0.3) is 0 Å². The summed E-state index contributed by atoms with van der Waals surface area (Å²) >= 11 is 0. The van der Waals surface area contributed by atoms with Gasteiger partial charge in [0.05, 0.1) is 24.3 Å². The molecule has 0 radical (unpaired) electrons. The third-order valence-corrected chi connectivity index (χ3v) is 3.31. The standard InChI is InChI=1S/C11H4N4O2/c12-3-9(4-13)8-1-2-11(7-16,17-8)10(9,5-14)6-15/h1-2,7-8H/t8-,11+/m1/s1. The van der Waals surface area contributed by atoms with Gasteiger partial charge < -0.3 is 4.74 Å². The van der Waals surface area contributed by atoms with Crippen molar-refractivity contribution >= 4 is 6.29 Å². The van der Waals surface area contributed by atoms with Crippen LogP contribution < -0.4 is 0 Å². The summed E-state index contributed by atoms with van der Waals surface area (Å²) in [7, 11) is 0. The summed E-state index contributed by atoms with van der Waals surface area (Å²) in [4.78, 5) is 11.1. The number of hydrogen-bond donors (Lipinski definition) is 0. The molecule has 2 aliphatic heterocycles. The first-order valence-corrected chi connectivity index (χ1v) is 4.60. The molecule has 0 amide bonds. The first-order valence-electron chi connectivity index (χ1n) is 4.60. The van der Waals surface area contributed by atoms with E-state index < -0.39 is 22.5 Å². The Hall–Kier alpha value is -2.67. The molecule has 80 valence electrons. The summed E-state index contributed by atoms with van der Waals surface area (Å²) < 4.78 is 5.24. The lowest BCUT2D eigenvalue weighted by Gasteiger charge is -2.32. The largest absolute Gasteiger partial charge is 0.350 e. The number of ether oxygens (including phenoxy) is 1. The van der Waals surface area contributed by atoms with E-state index in [1.165, 1.54) is 12.2 Å². The van der Waals surface area contributed by atoms with Gasteiger partial charge in [-0.25, -0.2) is 0 Å². The SMILES string of the molecule is N#CC1(C#N)[C@H]2C=C[C@@](C=O)(O2)C1(C#N)C#N. The number of hydrogen-bond acceptors (Lipinski definition) is 6. The summed E-state index contributed by atoms with van der Waals surface area (Å²) in [6, 6.07) is 6.60. The van der Waals surface area contributed by atoms with Crippen LogP contribution in [0.5, 0.6) is 0 Å². The lowest BCUT2D eigenvalue weighted by atomic mass is 9.56. The maximum Gasteiger partial charge on any atom is 0.217 e. The Morgan fingerprint density at radius 1 is 1.12 bits per heavy atom. The number of fused-ring (bicyclic) bond motifs is 2. The smallest absolute Gasteiger partial charge is 0.217 e. The maximum absolute atomic E-state index is 11.1. The number of carbonyl (C=O) groups is 1. The lowest BCUT2D eigenvalue weighted by molar-refractivity contribution is -0.124. The van der Waals surface area contributed by atoms with Crippen LogP contribution in [0.1, 0.15) is 0 Å². The average Bonchev–Trinajstić information content (AvgIpc) is 2.91. The zero-order chi connectivity index (χ0) is 12.7. The van der Waals surface area contributed by atoms with E-state index in [0.717, 1.165) is 0 Å². The Balaban J connectivity index is 2.87. The summed E-state index contributed by atoms with van der Waals surface area (Å²) in [6.45, 7) is 0. The molecule has 0 unspecified atom stereocenters. The van der Waals surface area contributed by atoms with Gasteiger partial charge in [-0.2, -0.15) is 21.0 Å². The van der Waals surface area contributed by atoms with Gasteiger partial charge in [0.1, 0.15) is 6.10 Å². The molecule has 0 aliphatic carbocycles. The number of aldehydes is 1. The highest BCUT2D eigenvalue weighted by Gasteiger charge is 2.78. The molecule has 2 aliphatic rings. The van der Waals surface area contributed by atoms with Gasteiger partial charge in [0.15, 0.2) is 11.9 Å². The van der Waals surface area contributed by atoms with Crippen molar-refractivity contribution in [3.8, 4) is 24.3 Å². The van der Waals surface area contributed by atoms with E-state index in [4.69, 9.17) is 15.3 Å². The first-order chi connectivity index (χ1) is 8.12. The van der Waals surface area contributed by atoms with Crippen LogP contribution in [0.4, 0.5) is 0 Å². The molecule has 17 heavy (non-hydrogen) atoms. The Labute approximate surface area is 96.5 Å². The second kappa shape index (κ2) is 2.92. The molecule has 6 nitrogen and oxygen atoms in total. The lowest BCUT2D eigenvalue weighted by Crippen LogP contribution is -2.52. The van der Waals surface area contributed by atoms with Crippen molar-refractivity contribution in [3.05, 3.63) is 12.2 Å². The highest BCUT2D eigenvalue weighted by molar-refractivity contribution is 5.76. The molecular weight excluding hydrogens is 220 g/mol. The highest BCUT2D eigenvalue weighted by atomic mass is 16.5. The van der Waals surface area contributed by atoms with E-state index in [1.807, 2.05) is 0 Å². The van der Waals surface area contributed by atoms with Crippen molar-refractivity contribution in [3.63, 3.8) is 0 Å².